The number of fused-ring (bicyclic) bond motifs is 2. The molecule has 3 N–H and O–H groups in total. The van der Waals surface area contributed by atoms with E-state index in [1.807, 2.05) is 42.5 Å². The average Bonchev–Trinajstić information content (AvgIpc) is 3.29. The summed E-state index contributed by atoms with van der Waals surface area (Å²) < 4.78 is 6.13. The van der Waals surface area contributed by atoms with Gasteiger partial charge in [0.2, 0.25) is 0 Å². The Hall–Kier alpha value is -4.88. The van der Waals surface area contributed by atoms with Crippen molar-refractivity contribution in [1.82, 2.24) is 29.6 Å². The molecule has 2 atom stereocenters. The fourth-order valence-electron chi connectivity index (χ4n) is 11.5. The van der Waals surface area contributed by atoms with Gasteiger partial charge in [0.1, 0.15) is 29.5 Å². The molecule has 0 amide bonds. The first-order valence-electron chi connectivity index (χ1n) is 24.3. The normalized spacial score (nSPS) is 21.6. The van der Waals surface area contributed by atoms with Crippen molar-refractivity contribution < 1.29 is 19.4 Å². The highest BCUT2D eigenvalue weighted by molar-refractivity contribution is 5.80. The zero-order valence-electron chi connectivity index (χ0n) is 37.4. The Morgan fingerprint density at radius 2 is 1.14 bits per heavy atom. The van der Waals surface area contributed by atoms with E-state index in [-0.39, 0.29) is 5.97 Å². The third-order valence-electron chi connectivity index (χ3n) is 15.0. The summed E-state index contributed by atoms with van der Waals surface area (Å²) >= 11 is 0. The highest BCUT2D eigenvalue weighted by atomic mass is 16.5. The van der Waals surface area contributed by atoms with Gasteiger partial charge < -0.3 is 30.3 Å². The lowest BCUT2D eigenvalue weighted by molar-refractivity contribution is -0.147. The zero-order chi connectivity index (χ0) is 43.4. The van der Waals surface area contributed by atoms with Crippen molar-refractivity contribution in [3.8, 4) is 5.75 Å². The molecule has 0 radical (unpaired) electrons. The summed E-state index contributed by atoms with van der Waals surface area (Å²) in [5.41, 5.74) is 6.66. The number of hydrogen-bond donors (Lipinski definition) is 3. The molecular formula is C52H66N8O4. The Balaban J connectivity index is 0.687. The number of hydrogen-bond acceptors (Lipinski definition) is 11. The summed E-state index contributed by atoms with van der Waals surface area (Å²) in [6.45, 7) is 11.6. The van der Waals surface area contributed by atoms with E-state index in [0.29, 0.717) is 35.0 Å². The monoisotopic (exact) mass is 867 g/mol. The summed E-state index contributed by atoms with van der Waals surface area (Å²) in [7, 11) is 0. The first-order chi connectivity index (χ1) is 31.4. The van der Waals surface area contributed by atoms with Crippen molar-refractivity contribution >= 4 is 23.6 Å². The molecule has 8 heterocycles. The van der Waals surface area contributed by atoms with Gasteiger partial charge in [0, 0.05) is 63.7 Å². The predicted octanol–water partition coefficient (Wildman–Crippen LogP) is 6.74. The van der Waals surface area contributed by atoms with Crippen molar-refractivity contribution in [2.45, 2.75) is 76.3 Å². The molecule has 0 aliphatic carbocycles. The van der Waals surface area contributed by atoms with Crippen LogP contribution in [0.15, 0.2) is 78.9 Å². The molecule has 0 bridgehead atoms. The number of piperidine rings is 2. The molecule has 0 saturated carbocycles. The second-order valence-corrected chi connectivity index (χ2v) is 19.8. The van der Waals surface area contributed by atoms with Crippen LogP contribution >= 0.6 is 0 Å². The lowest BCUT2D eigenvalue weighted by Crippen LogP contribution is -2.55. The van der Waals surface area contributed by atoms with Crippen LogP contribution in [0.1, 0.15) is 84.3 Å². The van der Waals surface area contributed by atoms with Crippen LogP contribution in [0.3, 0.4) is 0 Å². The summed E-state index contributed by atoms with van der Waals surface area (Å²) in [6, 6.07) is 24.8. The minimum atomic E-state index is -0.879. The number of carbonyl (C=O) groups is 2. The summed E-state index contributed by atoms with van der Waals surface area (Å²) in [5, 5.41) is 17.4. The predicted molar refractivity (Wildman–Crippen MR) is 250 cm³/mol. The van der Waals surface area contributed by atoms with Crippen molar-refractivity contribution in [2.75, 3.05) is 89.2 Å². The van der Waals surface area contributed by atoms with E-state index in [4.69, 9.17) is 14.7 Å². The lowest BCUT2D eigenvalue weighted by Gasteiger charge is -2.46. The van der Waals surface area contributed by atoms with E-state index in [1.165, 1.54) is 61.0 Å². The number of carboxylic acids is 1. The van der Waals surface area contributed by atoms with Crippen LogP contribution < -0.4 is 15.4 Å². The molecule has 338 valence electrons. The van der Waals surface area contributed by atoms with Crippen LogP contribution in [0.5, 0.6) is 5.75 Å². The van der Waals surface area contributed by atoms with Crippen molar-refractivity contribution in [1.29, 1.82) is 0 Å². The van der Waals surface area contributed by atoms with Gasteiger partial charge in [0.15, 0.2) is 0 Å². The van der Waals surface area contributed by atoms with E-state index in [2.05, 4.69) is 54.5 Å². The molecule has 2 aromatic heterocycles. The number of nitrogens with zero attached hydrogens (tertiary/aromatic N) is 6. The van der Waals surface area contributed by atoms with Gasteiger partial charge in [0.25, 0.3) is 0 Å². The number of anilines is 2. The van der Waals surface area contributed by atoms with Crippen LogP contribution in [0.25, 0.3) is 0 Å². The van der Waals surface area contributed by atoms with E-state index >= 15 is 0 Å². The minimum absolute atomic E-state index is 0.329. The van der Waals surface area contributed by atoms with Gasteiger partial charge >= 0.3 is 11.9 Å². The quantitative estimate of drug-likeness (QED) is 0.0866. The molecule has 4 fully saturated rings. The van der Waals surface area contributed by atoms with Crippen LogP contribution in [-0.2, 0) is 35.3 Å². The highest BCUT2D eigenvalue weighted by Gasteiger charge is 2.41. The molecule has 6 aliphatic rings. The largest absolute Gasteiger partial charge is 0.480 e. The number of aryl methyl sites for hydroxylation is 2. The van der Waals surface area contributed by atoms with E-state index < -0.39 is 18.1 Å². The number of benzene rings is 2. The van der Waals surface area contributed by atoms with Gasteiger partial charge in [-0.05, 0) is 161 Å². The maximum absolute atomic E-state index is 14.1. The molecule has 12 heteroatoms. The third-order valence-corrected chi connectivity index (χ3v) is 15.0. The second-order valence-electron chi connectivity index (χ2n) is 19.8. The Morgan fingerprint density at radius 1 is 0.625 bits per heavy atom. The van der Waals surface area contributed by atoms with Crippen molar-refractivity contribution in [3.05, 3.63) is 113 Å². The minimum Gasteiger partial charge on any atom is -0.480 e. The number of rotatable bonds is 15. The Morgan fingerprint density at radius 3 is 1.67 bits per heavy atom. The molecule has 4 aromatic rings. The van der Waals surface area contributed by atoms with Gasteiger partial charge in [-0.3, -0.25) is 14.6 Å². The van der Waals surface area contributed by atoms with Gasteiger partial charge in [-0.15, -0.1) is 0 Å². The van der Waals surface area contributed by atoms with E-state index in [9.17, 15) is 14.7 Å². The molecule has 12 nitrogen and oxygen atoms in total. The van der Waals surface area contributed by atoms with E-state index in [0.717, 1.165) is 121 Å². The molecule has 64 heavy (non-hydrogen) atoms. The number of likely N-dealkylation sites (tertiary alicyclic amines) is 4. The number of carbonyl (C=O) groups excluding carboxylic acids is 1. The van der Waals surface area contributed by atoms with Gasteiger partial charge in [0.05, 0.1) is 0 Å². The topological polar surface area (TPSA) is 126 Å². The smallest absolute Gasteiger partial charge is 0.333 e. The number of nitrogens with one attached hydrogen (secondary N) is 2. The summed E-state index contributed by atoms with van der Waals surface area (Å²) in [5.74, 6) is 3.61. The molecule has 2 aromatic carbocycles. The molecule has 0 spiro atoms. The number of carboxylic acid groups (broad SMARTS) is 1. The standard InChI is InChI=1S/C52H66N8O4/c61-51(62)47(59-32-38(33-59)30-57-23-17-36(18-24-57)27-44-15-13-41-10-5-21-53-49(41)55-44)43-9-4-12-46(29-43)64-52(63)48(40-7-2-1-3-8-40)60-34-39(35-60)31-58-25-19-37(20-26-58)28-45-16-14-42-11-6-22-54-50(42)56-45/h1-4,7-9,12-16,29,36-39,47-48H,5-6,10-11,17-28,30-35H2,(H,53,55)(H,54,56)(H,61,62)/t47-,48+/m0/s1. The third kappa shape index (κ3) is 10.2. The lowest BCUT2D eigenvalue weighted by atomic mass is 9.89. The number of aliphatic carboxylic acids is 1. The van der Waals surface area contributed by atoms with Crippen LogP contribution in [0.2, 0.25) is 0 Å². The first-order valence-corrected chi connectivity index (χ1v) is 24.3. The van der Waals surface area contributed by atoms with Crippen molar-refractivity contribution in [3.63, 3.8) is 0 Å². The van der Waals surface area contributed by atoms with Gasteiger partial charge in [-0.1, -0.05) is 54.6 Å². The maximum atomic E-state index is 14.1. The fraction of sp³-hybridized carbons (Fsp3) is 0.538. The number of ether oxygens (including phenoxy) is 1. The Labute approximate surface area is 378 Å². The molecule has 10 rings (SSSR count). The molecule has 0 unspecified atom stereocenters. The fourth-order valence-corrected chi connectivity index (χ4v) is 11.5. The van der Waals surface area contributed by atoms with Crippen LogP contribution in [-0.4, -0.2) is 125 Å². The average molecular weight is 867 g/mol. The van der Waals surface area contributed by atoms with Crippen LogP contribution in [0, 0.1) is 23.7 Å². The van der Waals surface area contributed by atoms with Gasteiger partial charge in [-0.25, -0.2) is 14.8 Å². The van der Waals surface area contributed by atoms with Gasteiger partial charge in [-0.2, -0.15) is 0 Å². The zero-order valence-corrected chi connectivity index (χ0v) is 37.4. The summed E-state index contributed by atoms with van der Waals surface area (Å²) in [6.07, 6.45) is 11.4. The Kier molecular flexibility index (Phi) is 13.2. The molecule has 6 aliphatic heterocycles. The second kappa shape index (κ2) is 19.7. The highest BCUT2D eigenvalue weighted by Crippen LogP contribution is 2.35. The number of aromatic nitrogens is 2. The Bertz CT molecular complexity index is 2230. The molecule has 4 saturated heterocycles. The summed E-state index contributed by atoms with van der Waals surface area (Å²) in [4.78, 5) is 46.2. The van der Waals surface area contributed by atoms with Crippen LogP contribution in [0.4, 0.5) is 11.6 Å². The molecular weight excluding hydrogens is 801 g/mol. The van der Waals surface area contributed by atoms with Crippen molar-refractivity contribution in [2.24, 2.45) is 23.7 Å². The SMILES string of the molecule is O=C(O)[C@H](c1cccc(OC(=O)[C@@H](c2ccccc2)N2CC(CN3CCC(Cc4ccc5c(n4)NCCC5)CC3)C2)c1)N1CC(CN2CCC(Cc3ccc4c(n3)NCCC4)CC2)C1. The first kappa shape index (κ1) is 43.0. The number of esters is 1. The number of pyridine rings is 2. The van der Waals surface area contributed by atoms with E-state index in [1.54, 1.807) is 12.1 Å². The maximum Gasteiger partial charge on any atom is 0.333 e.